The van der Waals surface area contributed by atoms with Crippen LogP contribution in [0.25, 0.3) is 0 Å². The molecule has 18 heavy (non-hydrogen) atoms. The first-order valence-corrected chi connectivity index (χ1v) is 6.24. The van der Waals surface area contributed by atoms with Crippen LogP contribution in [-0.2, 0) is 4.79 Å². The van der Waals surface area contributed by atoms with Crippen LogP contribution in [0.5, 0.6) is 5.75 Å². The average molecular weight is 250 g/mol. The molecule has 100 valence electrons. The molecule has 0 saturated heterocycles. The van der Waals surface area contributed by atoms with Crippen molar-refractivity contribution >= 4 is 11.6 Å². The summed E-state index contributed by atoms with van der Waals surface area (Å²) in [5.41, 5.74) is 7.93. The number of amides is 1. The van der Waals surface area contributed by atoms with Crippen molar-refractivity contribution in [2.75, 3.05) is 5.32 Å². The molecule has 0 aromatic heterocycles. The number of nitrogens with one attached hydrogen (secondary N) is 1. The van der Waals surface area contributed by atoms with Gasteiger partial charge in [0.05, 0.1) is 6.04 Å². The van der Waals surface area contributed by atoms with Crippen molar-refractivity contribution in [3.63, 3.8) is 0 Å². The number of hydrogen-bond acceptors (Lipinski definition) is 3. The first kappa shape index (κ1) is 14.5. The Balaban J connectivity index is 2.86. The van der Waals surface area contributed by atoms with Crippen molar-refractivity contribution in [1.29, 1.82) is 0 Å². The quantitative estimate of drug-likeness (QED) is 0.767. The van der Waals surface area contributed by atoms with Gasteiger partial charge in [0, 0.05) is 11.3 Å². The normalized spacial score (nSPS) is 14.1. The van der Waals surface area contributed by atoms with E-state index >= 15 is 0 Å². The zero-order valence-corrected chi connectivity index (χ0v) is 11.4. The van der Waals surface area contributed by atoms with E-state index in [1.165, 1.54) is 0 Å². The van der Waals surface area contributed by atoms with E-state index in [4.69, 9.17) is 5.73 Å². The summed E-state index contributed by atoms with van der Waals surface area (Å²) in [7, 11) is 0. The zero-order valence-electron chi connectivity index (χ0n) is 11.4. The monoisotopic (exact) mass is 250 g/mol. The Kier molecular flexibility index (Phi) is 4.73. The lowest BCUT2D eigenvalue weighted by atomic mass is 9.99. The molecule has 0 fully saturated rings. The number of carbonyl (C=O) groups is 1. The van der Waals surface area contributed by atoms with Crippen LogP contribution in [0.1, 0.15) is 31.4 Å². The zero-order chi connectivity index (χ0) is 13.9. The minimum atomic E-state index is -0.530. The van der Waals surface area contributed by atoms with Crippen molar-refractivity contribution in [1.82, 2.24) is 0 Å². The minimum absolute atomic E-state index is 0.129. The molecule has 0 spiro atoms. The molecule has 4 N–H and O–H groups in total. The minimum Gasteiger partial charge on any atom is -0.507 e. The number of phenols is 1. The lowest BCUT2D eigenvalue weighted by Crippen LogP contribution is -2.40. The third-order valence-electron chi connectivity index (χ3n) is 3.45. The van der Waals surface area contributed by atoms with Gasteiger partial charge in [-0.05, 0) is 31.4 Å². The molecule has 0 radical (unpaired) electrons. The summed E-state index contributed by atoms with van der Waals surface area (Å²) < 4.78 is 0. The average Bonchev–Trinajstić information content (AvgIpc) is 2.37. The number of rotatable bonds is 4. The summed E-state index contributed by atoms with van der Waals surface area (Å²) in [5.74, 6) is 0.130. The molecule has 0 aliphatic rings. The third-order valence-corrected chi connectivity index (χ3v) is 3.45. The smallest absolute Gasteiger partial charge is 0.241 e. The van der Waals surface area contributed by atoms with E-state index in [0.29, 0.717) is 11.3 Å². The Bertz CT molecular complexity index is 444. The summed E-state index contributed by atoms with van der Waals surface area (Å²) >= 11 is 0. The predicted octanol–water partition coefficient (Wildman–Crippen LogP) is 2.32. The van der Waals surface area contributed by atoms with Gasteiger partial charge in [-0.2, -0.15) is 0 Å². The van der Waals surface area contributed by atoms with E-state index in [2.05, 4.69) is 5.32 Å². The molecule has 0 saturated carbocycles. The van der Waals surface area contributed by atoms with Crippen LogP contribution in [0.3, 0.4) is 0 Å². The highest BCUT2D eigenvalue weighted by molar-refractivity contribution is 5.95. The Morgan fingerprint density at radius 3 is 2.61 bits per heavy atom. The highest BCUT2D eigenvalue weighted by Gasteiger charge is 2.20. The van der Waals surface area contributed by atoms with E-state index in [0.717, 1.165) is 12.0 Å². The Morgan fingerprint density at radius 1 is 1.44 bits per heavy atom. The first-order chi connectivity index (χ1) is 8.38. The Hall–Kier alpha value is -1.55. The van der Waals surface area contributed by atoms with Crippen molar-refractivity contribution in [2.24, 2.45) is 11.7 Å². The van der Waals surface area contributed by atoms with E-state index in [1.807, 2.05) is 20.8 Å². The SMILES string of the molecule is CC[C@H](C)[C@H](N)C(=O)Nc1ccc(C)c(O)c1C. The summed E-state index contributed by atoms with van der Waals surface area (Å²) in [6, 6.07) is 3.02. The lowest BCUT2D eigenvalue weighted by Gasteiger charge is -2.19. The Labute approximate surface area is 108 Å². The molecule has 1 rings (SSSR count). The number of phenolic OH excluding ortho intramolecular Hbond substituents is 1. The van der Waals surface area contributed by atoms with E-state index < -0.39 is 6.04 Å². The largest absolute Gasteiger partial charge is 0.507 e. The number of hydrogen-bond donors (Lipinski definition) is 3. The van der Waals surface area contributed by atoms with Crippen LogP contribution >= 0.6 is 0 Å². The summed E-state index contributed by atoms with van der Waals surface area (Å²) in [5, 5.41) is 12.6. The predicted molar refractivity (Wildman–Crippen MR) is 73.6 cm³/mol. The topological polar surface area (TPSA) is 75.4 Å². The van der Waals surface area contributed by atoms with Gasteiger partial charge >= 0.3 is 0 Å². The second-order valence-corrected chi connectivity index (χ2v) is 4.80. The number of nitrogens with two attached hydrogens (primary N) is 1. The second kappa shape index (κ2) is 5.87. The van der Waals surface area contributed by atoms with Crippen molar-refractivity contribution in [3.05, 3.63) is 23.3 Å². The van der Waals surface area contributed by atoms with Gasteiger partial charge in [-0.15, -0.1) is 0 Å². The second-order valence-electron chi connectivity index (χ2n) is 4.80. The van der Waals surface area contributed by atoms with Crippen LogP contribution in [0.15, 0.2) is 12.1 Å². The van der Waals surface area contributed by atoms with Gasteiger partial charge < -0.3 is 16.2 Å². The van der Waals surface area contributed by atoms with Gasteiger partial charge in [0.25, 0.3) is 0 Å². The molecule has 4 nitrogen and oxygen atoms in total. The highest BCUT2D eigenvalue weighted by atomic mass is 16.3. The van der Waals surface area contributed by atoms with Crippen LogP contribution < -0.4 is 11.1 Å². The molecule has 0 aliphatic carbocycles. The molecular weight excluding hydrogens is 228 g/mol. The maximum absolute atomic E-state index is 11.9. The number of aryl methyl sites for hydroxylation is 1. The summed E-state index contributed by atoms with van der Waals surface area (Å²) in [6.45, 7) is 7.54. The fraction of sp³-hybridized carbons (Fsp3) is 0.500. The van der Waals surface area contributed by atoms with Gasteiger partial charge in [0.15, 0.2) is 0 Å². The summed E-state index contributed by atoms with van der Waals surface area (Å²) in [6.07, 6.45) is 0.854. The third kappa shape index (κ3) is 3.01. The first-order valence-electron chi connectivity index (χ1n) is 6.24. The Morgan fingerprint density at radius 2 is 2.06 bits per heavy atom. The molecule has 1 amide bonds. The van der Waals surface area contributed by atoms with Gasteiger partial charge in [-0.25, -0.2) is 0 Å². The van der Waals surface area contributed by atoms with Crippen LogP contribution in [0.4, 0.5) is 5.69 Å². The highest BCUT2D eigenvalue weighted by Crippen LogP contribution is 2.28. The van der Waals surface area contributed by atoms with Gasteiger partial charge in [0.2, 0.25) is 5.91 Å². The molecule has 1 aromatic rings. The standard InChI is InChI=1S/C14H22N2O2/c1-5-8(2)12(15)14(18)16-11-7-6-9(3)13(17)10(11)4/h6-8,12,17H,5,15H2,1-4H3,(H,16,18)/t8-,12-/m0/s1. The van der Waals surface area contributed by atoms with E-state index in [-0.39, 0.29) is 17.6 Å². The number of aromatic hydroxyl groups is 1. The molecule has 2 atom stereocenters. The summed E-state index contributed by atoms with van der Waals surface area (Å²) in [4.78, 5) is 11.9. The molecule has 0 heterocycles. The fourth-order valence-corrected chi connectivity index (χ4v) is 1.70. The van der Waals surface area contributed by atoms with Gasteiger partial charge in [-0.1, -0.05) is 26.3 Å². The van der Waals surface area contributed by atoms with Crippen LogP contribution in [-0.4, -0.2) is 17.1 Å². The van der Waals surface area contributed by atoms with Gasteiger partial charge in [-0.3, -0.25) is 4.79 Å². The van der Waals surface area contributed by atoms with Crippen molar-refractivity contribution in [2.45, 2.75) is 40.2 Å². The maximum atomic E-state index is 11.9. The fourth-order valence-electron chi connectivity index (χ4n) is 1.70. The van der Waals surface area contributed by atoms with Crippen LogP contribution in [0, 0.1) is 19.8 Å². The molecule has 1 aromatic carbocycles. The molecule has 0 aliphatic heterocycles. The number of carbonyl (C=O) groups excluding carboxylic acids is 1. The molecule has 0 unspecified atom stereocenters. The van der Waals surface area contributed by atoms with Crippen molar-refractivity contribution in [3.8, 4) is 5.75 Å². The molecular formula is C14H22N2O2. The maximum Gasteiger partial charge on any atom is 0.241 e. The lowest BCUT2D eigenvalue weighted by molar-refractivity contribution is -0.118. The van der Waals surface area contributed by atoms with Crippen LogP contribution in [0.2, 0.25) is 0 Å². The number of benzene rings is 1. The molecule has 0 bridgehead atoms. The molecule has 4 heteroatoms. The van der Waals surface area contributed by atoms with E-state index in [1.54, 1.807) is 19.1 Å². The van der Waals surface area contributed by atoms with Crippen molar-refractivity contribution < 1.29 is 9.90 Å². The number of anilines is 1. The van der Waals surface area contributed by atoms with Gasteiger partial charge in [0.1, 0.15) is 5.75 Å². The van der Waals surface area contributed by atoms with E-state index in [9.17, 15) is 9.90 Å².